The van der Waals surface area contributed by atoms with E-state index < -0.39 is 11.7 Å². The smallest absolute Gasteiger partial charge is 0.416 e. The summed E-state index contributed by atoms with van der Waals surface area (Å²) in [6.45, 7) is 5.27. The number of amides is 1. The molecule has 0 saturated carbocycles. The van der Waals surface area contributed by atoms with Crippen molar-refractivity contribution in [1.82, 2.24) is 9.78 Å². The van der Waals surface area contributed by atoms with Crippen molar-refractivity contribution in [2.45, 2.75) is 33.7 Å². The molecule has 0 bridgehead atoms. The Morgan fingerprint density at radius 1 is 1.25 bits per heavy atom. The average Bonchev–Trinajstić information content (AvgIpc) is 3.17. The molecular weight excluding hydrogens is 391 g/mol. The lowest BCUT2D eigenvalue weighted by Gasteiger charge is -2.11. The maximum atomic E-state index is 12.8. The maximum Gasteiger partial charge on any atom is 0.416 e. The first-order chi connectivity index (χ1) is 13.2. The molecule has 2 aromatic heterocycles. The normalized spacial score (nSPS) is 11.5. The van der Waals surface area contributed by atoms with Gasteiger partial charge in [0.1, 0.15) is 5.75 Å². The highest BCUT2D eigenvalue weighted by Crippen LogP contribution is 2.31. The van der Waals surface area contributed by atoms with Crippen molar-refractivity contribution in [1.29, 1.82) is 0 Å². The number of anilines is 1. The highest BCUT2D eigenvalue weighted by molar-refractivity contribution is 7.12. The van der Waals surface area contributed by atoms with Crippen LogP contribution >= 0.6 is 11.3 Å². The number of benzene rings is 1. The predicted octanol–water partition coefficient (Wildman–Crippen LogP) is 5.18. The van der Waals surface area contributed by atoms with E-state index in [0.717, 1.165) is 17.7 Å². The van der Waals surface area contributed by atoms with E-state index in [9.17, 15) is 18.0 Å². The van der Waals surface area contributed by atoms with Gasteiger partial charge in [-0.2, -0.15) is 18.3 Å². The van der Waals surface area contributed by atoms with Crippen molar-refractivity contribution in [3.05, 3.63) is 63.1 Å². The fourth-order valence-corrected chi connectivity index (χ4v) is 3.50. The van der Waals surface area contributed by atoms with Crippen molar-refractivity contribution in [3.63, 3.8) is 0 Å². The zero-order valence-corrected chi connectivity index (χ0v) is 16.2. The molecule has 3 rings (SSSR count). The van der Waals surface area contributed by atoms with Crippen molar-refractivity contribution in [2.75, 3.05) is 5.32 Å². The highest BCUT2D eigenvalue weighted by Gasteiger charge is 2.30. The fraction of sp³-hybridized carbons (Fsp3) is 0.263. The second kappa shape index (κ2) is 7.67. The predicted molar refractivity (Wildman–Crippen MR) is 101 cm³/mol. The summed E-state index contributed by atoms with van der Waals surface area (Å²) in [6, 6.07) is 6.52. The minimum atomic E-state index is -4.44. The Kier molecular flexibility index (Phi) is 5.46. The molecule has 1 amide bonds. The molecule has 0 spiro atoms. The minimum Gasteiger partial charge on any atom is -0.471 e. The van der Waals surface area contributed by atoms with E-state index in [2.05, 4.69) is 10.4 Å². The number of nitrogens with one attached hydrogen (secondary N) is 1. The van der Waals surface area contributed by atoms with Gasteiger partial charge in [0.15, 0.2) is 6.73 Å². The largest absolute Gasteiger partial charge is 0.471 e. The highest BCUT2D eigenvalue weighted by atomic mass is 32.1. The van der Waals surface area contributed by atoms with Gasteiger partial charge >= 0.3 is 6.18 Å². The number of carbonyl (C=O) groups excluding carboxylic acids is 1. The van der Waals surface area contributed by atoms with Crippen LogP contribution in [-0.4, -0.2) is 15.7 Å². The van der Waals surface area contributed by atoms with E-state index in [1.165, 1.54) is 28.2 Å². The van der Waals surface area contributed by atoms with Crippen molar-refractivity contribution in [3.8, 4) is 5.75 Å². The quantitative estimate of drug-likeness (QED) is 0.632. The number of hydrogen-bond donors (Lipinski definition) is 1. The lowest BCUT2D eigenvalue weighted by Crippen LogP contribution is -2.13. The van der Waals surface area contributed by atoms with Crippen LogP contribution < -0.4 is 10.1 Å². The third-order valence-corrected chi connectivity index (χ3v) is 5.22. The molecule has 148 valence electrons. The SMILES string of the molecule is Cc1ccsc1C(=O)Nc1c(C)nn(COc2cccc(C(F)(F)F)c2)c1C. The summed E-state index contributed by atoms with van der Waals surface area (Å²) in [5, 5.41) is 9.01. The van der Waals surface area contributed by atoms with Gasteiger partial charge in [0, 0.05) is 0 Å². The van der Waals surface area contributed by atoms with Crippen LogP contribution in [0.3, 0.4) is 0 Å². The average molecular weight is 409 g/mol. The van der Waals surface area contributed by atoms with Crippen LogP contribution in [0, 0.1) is 20.8 Å². The van der Waals surface area contributed by atoms with Crippen LogP contribution in [0.2, 0.25) is 0 Å². The van der Waals surface area contributed by atoms with Crippen LogP contribution in [0.1, 0.15) is 32.2 Å². The second-order valence-corrected chi connectivity index (χ2v) is 7.15. The molecule has 0 unspecified atom stereocenters. The number of ether oxygens (including phenoxy) is 1. The topological polar surface area (TPSA) is 56.2 Å². The monoisotopic (exact) mass is 409 g/mol. The van der Waals surface area contributed by atoms with Gasteiger partial charge in [-0.15, -0.1) is 11.3 Å². The number of hydrogen-bond acceptors (Lipinski definition) is 4. The molecule has 1 aromatic carbocycles. The number of thiophene rings is 1. The van der Waals surface area contributed by atoms with Crippen LogP contribution in [0.5, 0.6) is 5.75 Å². The van der Waals surface area contributed by atoms with E-state index in [-0.39, 0.29) is 18.4 Å². The third kappa shape index (κ3) is 4.19. The Hall–Kier alpha value is -2.81. The maximum absolute atomic E-state index is 12.8. The molecule has 1 N–H and O–H groups in total. The van der Waals surface area contributed by atoms with Gasteiger partial charge in [-0.25, -0.2) is 4.68 Å². The number of halogens is 3. The molecular formula is C19H18F3N3O2S. The standard InChI is InChI=1S/C19H18F3N3O2S/c1-11-7-8-28-17(11)18(26)23-16-12(2)24-25(13(16)3)10-27-15-6-4-5-14(9-15)19(20,21)22/h4-9H,10H2,1-3H3,(H,23,26). The van der Waals surface area contributed by atoms with Gasteiger partial charge in [0.25, 0.3) is 5.91 Å². The molecule has 0 fully saturated rings. The molecule has 2 heterocycles. The summed E-state index contributed by atoms with van der Waals surface area (Å²) in [5.41, 5.74) is 1.90. The Labute approximate surface area is 163 Å². The van der Waals surface area contributed by atoms with E-state index in [4.69, 9.17) is 4.74 Å². The summed E-state index contributed by atoms with van der Waals surface area (Å²) in [6.07, 6.45) is -4.44. The van der Waals surface area contributed by atoms with Crippen LogP contribution in [0.15, 0.2) is 35.7 Å². The minimum absolute atomic E-state index is 0.0815. The second-order valence-electron chi connectivity index (χ2n) is 6.23. The molecule has 3 aromatic rings. The Bertz CT molecular complexity index is 1010. The lowest BCUT2D eigenvalue weighted by atomic mass is 10.2. The number of alkyl halides is 3. The first kappa shape index (κ1) is 19.9. The van der Waals surface area contributed by atoms with E-state index in [1.807, 2.05) is 18.4 Å². The van der Waals surface area contributed by atoms with Gasteiger partial charge in [-0.05, 0) is 56.0 Å². The fourth-order valence-electron chi connectivity index (χ4n) is 2.68. The Morgan fingerprint density at radius 3 is 2.64 bits per heavy atom. The summed E-state index contributed by atoms with van der Waals surface area (Å²) in [7, 11) is 0. The molecule has 0 aliphatic rings. The Morgan fingerprint density at radius 2 is 2.00 bits per heavy atom. The van der Waals surface area contributed by atoms with Crippen LogP contribution in [-0.2, 0) is 12.9 Å². The molecule has 0 atom stereocenters. The number of carbonyl (C=O) groups is 1. The number of aryl methyl sites for hydroxylation is 2. The summed E-state index contributed by atoms with van der Waals surface area (Å²) in [4.78, 5) is 13.1. The molecule has 5 nitrogen and oxygen atoms in total. The number of rotatable bonds is 5. The molecule has 9 heteroatoms. The molecule has 28 heavy (non-hydrogen) atoms. The zero-order valence-electron chi connectivity index (χ0n) is 15.4. The number of nitrogens with zero attached hydrogens (tertiary/aromatic N) is 2. The zero-order chi connectivity index (χ0) is 20.5. The summed E-state index contributed by atoms with van der Waals surface area (Å²) >= 11 is 1.35. The van der Waals surface area contributed by atoms with E-state index in [0.29, 0.717) is 22.0 Å². The van der Waals surface area contributed by atoms with Gasteiger partial charge in [0.2, 0.25) is 0 Å². The van der Waals surface area contributed by atoms with Crippen LogP contribution in [0.25, 0.3) is 0 Å². The summed E-state index contributed by atoms with van der Waals surface area (Å²) < 4.78 is 45.4. The van der Waals surface area contributed by atoms with Crippen molar-refractivity contribution in [2.24, 2.45) is 0 Å². The van der Waals surface area contributed by atoms with Gasteiger partial charge in [-0.3, -0.25) is 4.79 Å². The van der Waals surface area contributed by atoms with Crippen molar-refractivity contribution < 1.29 is 22.7 Å². The van der Waals surface area contributed by atoms with E-state index in [1.54, 1.807) is 13.8 Å². The molecule has 0 aliphatic heterocycles. The van der Waals surface area contributed by atoms with Gasteiger partial charge < -0.3 is 10.1 Å². The van der Waals surface area contributed by atoms with Gasteiger partial charge in [0.05, 0.1) is 27.5 Å². The molecule has 0 radical (unpaired) electrons. The molecule has 0 saturated heterocycles. The third-order valence-electron chi connectivity index (χ3n) is 4.20. The van der Waals surface area contributed by atoms with Gasteiger partial charge in [-0.1, -0.05) is 6.07 Å². The summed E-state index contributed by atoms with van der Waals surface area (Å²) in [5.74, 6) is -0.140. The molecule has 0 aliphatic carbocycles. The van der Waals surface area contributed by atoms with E-state index >= 15 is 0 Å². The van der Waals surface area contributed by atoms with Crippen molar-refractivity contribution >= 4 is 22.9 Å². The first-order valence-corrected chi connectivity index (χ1v) is 9.24. The first-order valence-electron chi connectivity index (χ1n) is 8.36. The number of aromatic nitrogens is 2. The Balaban J connectivity index is 1.74. The van der Waals surface area contributed by atoms with Crippen LogP contribution in [0.4, 0.5) is 18.9 Å². The lowest BCUT2D eigenvalue weighted by molar-refractivity contribution is -0.137.